The molecule has 0 spiro atoms. The van der Waals surface area contributed by atoms with E-state index in [4.69, 9.17) is 19.8 Å². The first kappa shape index (κ1) is 34.0. The summed E-state index contributed by atoms with van der Waals surface area (Å²) in [6.45, 7) is 6.47. The molecule has 0 unspecified atom stereocenters. The summed E-state index contributed by atoms with van der Waals surface area (Å²) in [5, 5.41) is 14.3. The number of piperidine rings is 1. The van der Waals surface area contributed by atoms with E-state index in [2.05, 4.69) is 15.7 Å². The fourth-order valence-corrected chi connectivity index (χ4v) is 7.13. The van der Waals surface area contributed by atoms with Crippen LogP contribution in [0.25, 0.3) is 5.78 Å². The number of morpholine rings is 1. The highest BCUT2D eigenvalue weighted by atomic mass is 19.4. The van der Waals surface area contributed by atoms with Crippen molar-refractivity contribution in [2.75, 3.05) is 24.5 Å². The molecule has 12 nitrogen and oxygen atoms in total. The Morgan fingerprint density at radius 3 is 2.54 bits per heavy atom. The Bertz CT molecular complexity index is 1620. The maximum atomic E-state index is 14.2. The van der Waals surface area contributed by atoms with Crippen LogP contribution in [0.1, 0.15) is 80.8 Å². The lowest BCUT2D eigenvalue weighted by atomic mass is 9.81. The zero-order chi connectivity index (χ0) is 34.4. The molecule has 3 fully saturated rings. The summed E-state index contributed by atoms with van der Waals surface area (Å²) in [7, 11) is 0. The van der Waals surface area contributed by atoms with E-state index >= 15 is 0 Å². The number of hydrogen-bond acceptors (Lipinski definition) is 8. The molecule has 17 heteroatoms. The van der Waals surface area contributed by atoms with Gasteiger partial charge >= 0.3 is 6.18 Å². The highest BCUT2D eigenvalue weighted by Crippen LogP contribution is 2.42. The smallest absolute Gasteiger partial charge is 0.372 e. The quantitative estimate of drug-likeness (QED) is 0.340. The van der Waals surface area contributed by atoms with Crippen molar-refractivity contribution < 1.29 is 36.3 Å². The summed E-state index contributed by atoms with van der Waals surface area (Å²) in [6.07, 6.45) is -2.58. The van der Waals surface area contributed by atoms with Crippen molar-refractivity contribution in [3.8, 4) is 0 Å². The van der Waals surface area contributed by atoms with Gasteiger partial charge in [-0.15, -0.1) is 0 Å². The third-order valence-corrected chi connectivity index (χ3v) is 9.55. The molecule has 6 rings (SSSR count). The average molecular weight is 682 g/mol. The second-order valence-corrected chi connectivity index (χ2v) is 13.3. The van der Waals surface area contributed by atoms with Gasteiger partial charge in [0.15, 0.2) is 5.82 Å². The van der Waals surface area contributed by atoms with Crippen LogP contribution in [0.5, 0.6) is 0 Å². The molecule has 0 radical (unpaired) electrons. The van der Waals surface area contributed by atoms with Gasteiger partial charge in [-0.05, 0) is 52.0 Å². The summed E-state index contributed by atoms with van der Waals surface area (Å²) < 4.78 is 78.1. The molecule has 0 bridgehead atoms. The molecule has 2 aliphatic heterocycles. The van der Waals surface area contributed by atoms with Crippen LogP contribution in [0.15, 0.2) is 18.5 Å². The van der Waals surface area contributed by atoms with Gasteiger partial charge in [0.25, 0.3) is 11.7 Å². The number of hydrogen-bond donors (Lipinski definition) is 2. The Hall–Kier alpha value is -3.89. The number of ether oxygens (including phenoxy) is 1. The number of imidazole rings is 1. The van der Waals surface area contributed by atoms with Crippen molar-refractivity contribution >= 4 is 23.4 Å². The number of fused-ring (bicyclic) bond motifs is 1. The van der Waals surface area contributed by atoms with Crippen LogP contribution in [-0.4, -0.2) is 85.1 Å². The number of anilines is 1. The number of aromatic nitrogens is 6. The minimum Gasteiger partial charge on any atom is -0.372 e. The molecule has 2 N–H and O–H groups in total. The van der Waals surface area contributed by atoms with Gasteiger partial charge in [-0.3, -0.25) is 14.3 Å². The lowest BCUT2D eigenvalue weighted by molar-refractivity contribution is -0.183. The maximum absolute atomic E-state index is 14.2. The Kier molecular flexibility index (Phi) is 9.34. The number of aryl methyl sites for hydroxylation is 1. The Morgan fingerprint density at radius 1 is 1.17 bits per heavy atom. The van der Waals surface area contributed by atoms with Crippen LogP contribution >= 0.6 is 0 Å². The summed E-state index contributed by atoms with van der Waals surface area (Å²) in [5.74, 6) is -6.20. The Morgan fingerprint density at radius 2 is 1.88 bits per heavy atom. The van der Waals surface area contributed by atoms with Crippen molar-refractivity contribution in [2.24, 2.45) is 17.8 Å². The van der Waals surface area contributed by atoms with Gasteiger partial charge < -0.3 is 20.3 Å². The monoisotopic (exact) mass is 681 g/mol. The number of rotatable bonds is 8. The summed E-state index contributed by atoms with van der Waals surface area (Å²) >= 11 is 0. The van der Waals surface area contributed by atoms with Gasteiger partial charge in [-0.1, -0.05) is 0 Å². The zero-order valence-electron chi connectivity index (χ0n) is 27.0. The van der Waals surface area contributed by atoms with Crippen LogP contribution in [0, 0.1) is 17.8 Å². The van der Waals surface area contributed by atoms with E-state index in [9.17, 15) is 31.5 Å². The second kappa shape index (κ2) is 13.2. The molecule has 5 atom stereocenters. The van der Waals surface area contributed by atoms with Crippen molar-refractivity contribution in [2.45, 2.75) is 96.2 Å². The lowest BCUT2D eigenvalue weighted by Crippen LogP contribution is -2.48. The molecule has 2 saturated heterocycles. The van der Waals surface area contributed by atoms with E-state index in [-0.39, 0.29) is 62.4 Å². The molecule has 1 aliphatic carbocycles. The van der Waals surface area contributed by atoms with E-state index < -0.39 is 48.3 Å². The molecule has 5 heterocycles. The standard InChI is InChI=1S/C31H40F5N9O3/c1-4-44-24(7-10-38-44)28(47)40-25(19-5-8-30(32,33)9-6-19)23-16-45-29(39-23)41-26(43-14-17(2)48-18(3)15-43)22(42-45)12-20-11-21(31(34,35)36)13-37-27(20)46/h7,10,16-21,25H,4-6,8-9,11-15H2,1-3H3,(H,37,46)(H,40,47)/t17-,18-,20+,21+,25-/m0/s1. The van der Waals surface area contributed by atoms with E-state index in [0.717, 1.165) is 0 Å². The van der Waals surface area contributed by atoms with Crippen molar-refractivity contribution in [1.82, 2.24) is 40.0 Å². The summed E-state index contributed by atoms with van der Waals surface area (Å²) in [6, 6.07) is 0.815. The van der Waals surface area contributed by atoms with Gasteiger partial charge in [0, 0.05) is 57.6 Å². The third-order valence-electron chi connectivity index (χ3n) is 9.55. The average Bonchev–Trinajstić information content (AvgIpc) is 3.66. The fraction of sp³-hybridized carbons (Fsp3) is 0.677. The Labute approximate surface area is 273 Å². The molecular weight excluding hydrogens is 641 g/mol. The minimum atomic E-state index is -4.46. The van der Waals surface area contributed by atoms with E-state index in [1.165, 1.54) is 15.4 Å². The third kappa shape index (κ3) is 7.25. The van der Waals surface area contributed by atoms with E-state index in [1.807, 2.05) is 25.7 Å². The van der Waals surface area contributed by atoms with Crippen LogP contribution in [-0.2, 0) is 22.5 Å². The first-order chi connectivity index (χ1) is 22.7. The minimum absolute atomic E-state index is 0.0940. The molecule has 3 aliphatic rings. The molecule has 3 aromatic rings. The highest BCUT2D eigenvalue weighted by Gasteiger charge is 2.45. The molecule has 1 saturated carbocycles. The first-order valence-corrected chi connectivity index (χ1v) is 16.4. The molecule has 0 aromatic carbocycles. The van der Waals surface area contributed by atoms with Gasteiger partial charge in [0.1, 0.15) is 11.4 Å². The predicted molar refractivity (Wildman–Crippen MR) is 162 cm³/mol. The van der Waals surface area contributed by atoms with Crippen LogP contribution in [0.3, 0.4) is 0 Å². The van der Waals surface area contributed by atoms with Gasteiger partial charge in [-0.2, -0.15) is 28.4 Å². The molecule has 3 aromatic heterocycles. The summed E-state index contributed by atoms with van der Waals surface area (Å²) in [5.41, 5.74) is 0.993. The lowest BCUT2D eigenvalue weighted by Gasteiger charge is -2.37. The zero-order valence-corrected chi connectivity index (χ0v) is 27.0. The predicted octanol–water partition coefficient (Wildman–Crippen LogP) is 4.11. The topological polar surface area (TPSA) is 132 Å². The van der Waals surface area contributed by atoms with Crippen LogP contribution < -0.4 is 15.5 Å². The van der Waals surface area contributed by atoms with Crippen LogP contribution in [0.4, 0.5) is 27.8 Å². The van der Waals surface area contributed by atoms with Crippen molar-refractivity contribution in [3.05, 3.63) is 35.5 Å². The molecule has 2 amide bonds. The van der Waals surface area contributed by atoms with Gasteiger partial charge in [0.2, 0.25) is 11.8 Å². The molecule has 262 valence electrons. The van der Waals surface area contributed by atoms with Gasteiger partial charge in [-0.25, -0.2) is 18.3 Å². The number of amides is 2. The normalized spacial score (nSPS) is 26.0. The largest absolute Gasteiger partial charge is 0.393 e. The van der Waals surface area contributed by atoms with Crippen molar-refractivity contribution in [3.63, 3.8) is 0 Å². The fourth-order valence-electron chi connectivity index (χ4n) is 7.13. The number of carbonyl (C=O) groups is 2. The number of alkyl halides is 5. The van der Waals surface area contributed by atoms with Gasteiger partial charge in [0.05, 0.1) is 36.1 Å². The first-order valence-electron chi connectivity index (χ1n) is 16.4. The molecular formula is C31H40F5N9O3. The maximum Gasteiger partial charge on any atom is 0.393 e. The Balaban J connectivity index is 1.38. The summed E-state index contributed by atoms with van der Waals surface area (Å²) in [4.78, 5) is 37.7. The number of nitrogens with zero attached hydrogens (tertiary/aromatic N) is 7. The number of carbonyl (C=O) groups excluding carboxylic acids is 2. The van der Waals surface area contributed by atoms with Crippen molar-refractivity contribution in [1.29, 1.82) is 0 Å². The molecule has 48 heavy (non-hydrogen) atoms. The van der Waals surface area contributed by atoms with E-state index in [1.54, 1.807) is 12.3 Å². The highest BCUT2D eigenvalue weighted by molar-refractivity contribution is 5.92. The van der Waals surface area contributed by atoms with E-state index in [0.29, 0.717) is 42.5 Å². The second-order valence-electron chi connectivity index (χ2n) is 13.3. The van der Waals surface area contributed by atoms with Crippen LogP contribution in [0.2, 0.25) is 0 Å². The SMILES string of the molecule is CCn1nccc1C(=O)N[C@H](c1cn2nc(C[C@H]3C[C@@H](C(F)(F)F)CNC3=O)c(N3C[C@H](C)O[C@@H](C)C3)nc2n1)C1CCC(F)(F)CC1. The number of nitrogens with one attached hydrogen (secondary N) is 2. The number of halogens is 5.